The number of carbonyl (C=O) groups excluding carboxylic acids is 1. The van der Waals surface area contributed by atoms with Crippen molar-refractivity contribution in [1.82, 2.24) is 5.32 Å². The van der Waals surface area contributed by atoms with E-state index >= 15 is 0 Å². The molecule has 10 heavy (non-hydrogen) atoms. The van der Waals surface area contributed by atoms with Gasteiger partial charge < -0.3 is 11.1 Å². The van der Waals surface area contributed by atoms with Crippen molar-refractivity contribution >= 4 is 5.91 Å². The average Bonchev–Trinajstić information content (AvgIpc) is 1.82. The van der Waals surface area contributed by atoms with Gasteiger partial charge in [0.15, 0.2) is 0 Å². The maximum atomic E-state index is 10.4. The van der Waals surface area contributed by atoms with E-state index in [4.69, 9.17) is 5.73 Å². The first-order chi connectivity index (χ1) is 4.54. The van der Waals surface area contributed by atoms with Crippen molar-refractivity contribution in [2.75, 3.05) is 6.54 Å². The van der Waals surface area contributed by atoms with E-state index in [0.717, 1.165) is 0 Å². The summed E-state index contributed by atoms with van der Waals surface area (Å²) in [5, 5.41) is 3.03. The quantitative estimate of drug-likeness (QED) is 0.544. The number of primary amides is 1. The molecular weight excluding hydrogens is 128 g/mol. The molecule has 0 heterocycles. The molecule has 1 amide bonds. The smallest absolute Gasteiger partial charge is 0.245 e. The molecule has 0 aromatic rings. The molecule has 0 rings (SSSR count). The fourth-order valence-corrected chi connectivity index (χ4v) is 0.414. The van der Waals surface area contributed by atoms with E-state index in [1.54, 1.807) is 0 Å². The lowest BCUT2D eigenvalue weighted by Crippen LogP contribution is -2.29. The van der Waals surface area contributed by atoms with Gasteiger partial charge in [0, 0.05) is 18.2 Å². The molecule has 3 heteroatoms. The molecular formula is C7H14N2O. The predicted molar refractivity (Wildman–Crippen MR) is 41.5 cm³/mol. The van der Waals surface area contributed by atoms with Crippen molar-refractivity contribution < 1.29 is 4.79 Å². The Balaban J connectivity index is 3.50. The summed E-state index contributed by atoms with van der Waals surface area (Å²) in [6, 6.07) is 0.357. The Morgan fingerprint density at radius 1 is 1.70 bits per heavy atom. The summed E-state index contributed by atoms with van der Waals surface area (Å²) >= 11 is 0. The highest BCUT2D eigenvalue weighted by atomic mass is 16.1. The lowest BCUT2D eigenvalue weighted by atomic mass is 10.2. The van der Waals surface area contributed by atoms with Gasteiger partial charge in [-0.1, -0.05) is 20.4 Å². The zero-order chi connectivity index (χ0) is 8.15. The van der Waals surface area contributed by atoms with E-state index in [1.807, 2.05) is 13.8 Å². The van der Waals surface area contributed by atoms with Crippen LogP contribution in [0.25, 0.3) is 0 Å². The number of hydrogen-bond acceptors (Lipinski definition) is 2. The molecule has 0 aliphatic carbocycles. The number of nitrogens with two attached hydrogens (primary N) is 1. The maximum absolute atomic E-state index is 10.4. The highest BCUT2D eigenvalue weighted by molar-refractivity contribution is 5.91. The normalized spacial score (nSPS) is 9.90. The number of nitrogens with one attached hydrogen (secondary N) is 1. The van der Waals surface area contributed by atoms with Crippen LogP contribution in [0.15, 0.2) is 12.2 Å². The van der Waals surface area contributed by atoms with E-state index in [-0.39, 0.29) is 0 Å². The molecule has 0 radical (unpaired) electrons. The van der Waals surface area contributed by atoms with Crippen molar-refractivity contribution in [2.24, 2.45) is 5.73 Å². The van der Waals surface area contributed by atoms with E-state index in [1.165, 1.54) is 0 Å². The van der Waals surface area contributed by atoms with Gasteiger partial charge in [-0.15, -0.1) is 0 Å². The number of hydrogen-bond donors (Lipinski definition) is 2. The second-order valence-electron chi connectivity index (χ2n) is 2.50. The van der Waals surface area contributed by atoms with Crippen LogP contribution in [0.2, 0.25) is 0 Å². The lowest BCUT2D eigenvalue weighted by Gasteiger charge is -2.06. The van der Waals surface area contributed by atoms with Gasteiger partial charge in [0.05, 0.1) is 0 Å². The molecule has 0 aliphatic rings. The number of amides is 1. The van der Waals surface area contributed by atoms with E-state index in [0.29, 0.717) is 18.2 Å². The fraction of sp³-hybridized carbons (Fsp3) is 0.571. The van der Waals surface area contributed by atoms with Crippen LogP contribution in [0.3, 0.4) is 0 Å². The van der Waals surface area contributed by atoms with Gasteiger partial charge in [-0.25, -0.2) is 0 Å². The molecule has 0 aromatic heterocycles. The Hall–Kier alpha value is -0.830. The number of rotatable bonds is 4. The Bertz CT molecular complexity index is 141. The first kappa shape index (κ1) is 9.17. The lowest BCUT2D eigenvalue weighted by molar-refractivity contribution is -0.114. The van der Waals surface area contributed by atoms with Crippen LogP contribution < -0.4 is 11.1 Å². The Kier molecular flexibility index (Phi) is 3.72. The summed E-state index contributed by atoms with van der Waals surface area (Å²) in [6.45, 7) is 7.96. The Morgan fingerprint density at radius 3 is 2.50 bits per heavy atom. The minimum Gasteiger partial charge on any atom is -0.366 e. The van der Waals surface area contributed by atoms with E-state index in [9.17, 15) is 4.79 Å². The van der Waals surface area contributed by atoms with Crippen molar-refractivity contribution in [3.05, 3.63) is 12.2 Å². The van der Waals surface area contributed by atoms with Gasteiger partial charge in [-0.05, 0) is 0 Å². The fourth-order valence-electron chi connectivity index (χ4n) is 0.414. The van der Waals surface area contributed by atoms with Gasteiger partial charge in [-0.2, -0.15) is 0 Å². The van der Waals surface area contributed by atoms with Crippen LogP contribution in [-0.2, 0) is 4.79 Å². The molecule has 0 fully saturated rings. The van der Waals surface area contributed by atoms with Crippen molar-refractivity contribution in [1.29, 1.82) is 0 Å². The third-order valence-corrected chi connectivity index (χ3v) is 1.07. The van der Waals surface area contributed by atoms with Crippen LogP contribution >= 0.6 is 0 Å². The molecule has 58 valence electrons. The summed E-state index contributed by atoms with van der Waals surface area (Å²) in [5.41, 5.74) is 5.37. The van der Waals surface area contributed by atoms with Crippen molar-refractivity contribution in [2.45, 2.75) is 19.9 Å². The SMILES string of the molecule is C=C(CNC(C)C)C(N)=O. The van der Waals surface area contributed by atoms with Gasteiger partial charge in [0.1, 0.15) is 0 Å². The Labute approximate surface area is 61.3 Å². The van der Waals surface area contributed by atoms with Crippen molar-refractivity contribution in [3.63, 3.8) is 0 Å². The van der Waals surface area contributed by atoms with Crippen LogP contribution in [0.4, 0.5) is 0 Å². The zero-order valence-electron chi connectivity index (χ0n) is 6.48. The molecule has 3 nitrogen and oxygen atoms in total. The molecule has 3 N–H and O–H groups in total. The third-order valence-electron chi connectivity index (χ3n) is 1.07. The van der Waals surface area contributed by atoms with Crippen LogP contribution in [0.1, 0.15) is 13.8 Å². The zero-order valence-corrected chi connectivity index (χ0v) is 6.48. The second-order valence-corrected chi connectivity index (χ2v) is 2.50. The molecule has 0 saturated carbocycles. The first-order valence-electron chi connectivity index (χ1n) is 3.25. The molecule has 0 aliphatic heterocycles. The van der Waals surface area contributed by atoms with Gasteiger partial charge >= 0.3 is 0 Å². The standard InChI is InChI=1S/C7H14N2O/c1-5(2)9-4-6(3)7(8)10/h5,9H,3-4H2,1-2H3,(H2,8,10). The highest BCUT2D eigenvalue weighted by Crippen LogP contribution is 1.85. The summed E-state index contributed by atoms with van der Waals surface area (Å²) in [7, 11) is 0. The largest absolute Gasteiger partial charge is 0.366 e. The maximum Gasteiger partial charge on any atom is 0.245 e. The molecule has 0 saturated heterocycles. The third kappa shape index (κ3) is 4.09. The molecule has 0 spiro atoms. The van der Waals surface area contributed by atoms with Crippen LogP contribution in [0, 0.1) is 0 Å². The molecule has 0 aromatic carbocycles. The summed E-state index contributed by atoms with van der Waals surface area (Å²) in [6.07, 6.45) is 0. The van der Waals surface area contributed by atoms with Gasteiger partial charge in [0.25, 0.3) is 0 Å². The highest BCUT2D eigenvalue weighted by Gasteiger charge is 2.00. The van der Waals surface area contributed by atoms with Crippen molar-refractivity contribution in [3.8, 4) is 0 Å². The monoisotopic (exact) mass is 142 g/mol. The molecule has 0 atom stereocenters. The first-order valence-corrected chi connectivity index (χ1v) is 3.25. The minimum absolute atomic E-state index is 0.357. The van der Waals surface area contributed by atoms with E-state index in [2.05, 4.69) is 11.9 Å². The second kappa shape index (κ2) is 4.06. The predicted octanol–water partition coefficient (Wildman–Crippen LogP) is 0.0259. The van der Waals surface area contributed by atoms with Crippen LogP contribution in [0.5, 0.6) is 0 Å². The topological polar surface area (TPSA) is 55.1 Å². The molecule has 0 bridgehead atoms. The van der Waals surface area contributed by atoms with Crippen LogP contribution in [-0.4, -0.2) is 18.5 Å². The summed E-state index contributed by atoms with van der Waals surface area (Å²) in [4.78, 5) is 10.4. The van der Waals surface area contributed by atoms with Gasteiger partial charge in [-0.3, -0.25) is 4.79 Å². The molecule has 0 unspecified atom stereocenters. The van der Waals surface area contributed by atoms with Gasteiger partial charge in [0.2, 0.25) is 5.91 Å². The Morgan fingerprint density at radius 2 is 2.20 bits per heavy atom. The van der Waals surface area contributed by atoms with E-state index < -0.39 is 5.91 Å². The average molecular weight is 142 g/mol. The summed E-state index contributed by atoms with van der Waals surface area (Å²) in [5.74, 6) is -0.437. The minimum atomic E-state index is -0.437. The number of carbonyl (C=O) groups is 1. The summed E-state index contributed by atoms with van der Waals surface area (Å²) < 4.78 is 0.